The summed E-state index contributed by atoms with van der Waals surface area (Å²) in [6, 6.07) is 0. The molecular weight excluding hydrogens is 248 g/mol. The first-order valence-electron chi connectivity index (χ1n) is 6.13. The van der Waals surface area contributed by atoms with Gasteiger partial charge in [-0.25, -0.2) is 4.98 Å². The smallest absolute Gasteiger partial charge is 0.303 e. The lowest BCUT2D eigenvalue weighted by Gasteiger charge is -2.12. The van der Waals surface area contributed by atoms with Crippen molar-refractivity contribution >= 4 is 11.9 Å². The number of carboxylic acid groups (broad SMARTS) is 1. The van der Waals surface area contributed by atoms with E-state index in [1.54, 1.807) is 6.92 Å². The molecule has 0 aliphatic heterocycles. The van der Waals surface area contributed by atoms with Gasteiger partial charge in [0.2, 0.25) is 5.82 Å². The molecule has 0 aliphatic rings. The fourth-order valence-corrected chi connectivity index (χ4v) is 1.42. The predicted molar refractivity (Wildman–Crippen MR) is 68.8 cm³/mol. The zero-order valence-corrected chi connectivity index (χ0v) is 11.6. The molecule has 0 bridgehead atoms. The van der Waals surface area contributed by atoms with Crippen molar-refractivity contribution in [1.29, 1.82) is 0 Å². The Balaban J connectivity index is 2.55. The highest BCUT2D eigenvalue weighted by molar-refractivity contribution is 5.90. The van der Waals surface area contributed by atoms with Crippen LogP contribution < -0.4 is 5.32 Å². The van der Waals surface area contributed by atoms with Crippen LogP contribution in [-0.2, 0) is 10.2 Å². The molecule has 1 amide bonds. The van der Waals surface area contributed by atoms with E-state index in [1.165, 1.54) is 0 Å². The van der Waals surface area contributed by atoms with Crippen LogP contribution in [0, 0.1) is 5.92 Å². The number of hydrogen-bond acceptors (Lipinski definition) is 4. The van der Waals surface area contributed by atoms with E-state index in [9.17, 15) is 9.59 Å². The molecule has 7 heteroatoms. The zero-order chi connectivity index (χ0) is 14.6. The molecule has 3 N–H and O–H groups in total. The van der Waals surface area contributed by atoms with Gasteiger partial charge < -0.3 is 10.4 Å². The Hall–Kier alpha value is -1.92. The van der Waals surface area contributed by atoms with Gasteiger partial charge in [0.25, 0.3) is 5.91 Å². The summed E-state index contributed by atoms with van der Waals surface area (Å²) in [7, 11) is 0. The molecule has 1 unspecified atom stereocenters. The Labute approximate surface area is 111 Å². The fourth-order valence-electron chi connectivity index (χ4n) is 1.42. The average molecular weight is 268 g/mol. The van der Waals surface area contributed by atoms with Gasteiger partial charge in [0.1, 0.15) is 5.82 Å². The highest BCUT2D eigenvalue weighted by atomic mass is 16.4. The topological polar surface area (TPSA) is 108 Å². The molecule has 0 aromatic carbocycles. The molecular formula is C12H20N4O3. The number of H-pyrrole nitrogens is 1. The van der Waals surface area contributed by atoms with Gasteiger partial charge in [-0.2, -0.15) is 0 Å². The number of rotatable bonds is 5. The summed E-state index contributed by atoms with van der Waals surface area (Å²) in [4.78, 5) is 26.4. The maximum Gasteiger partial charge on any atom is 0.303 e. The summed E-state index contributed by atoms with van der Waals surface area (Å²) in [6.07, 6.45) is 0.0154. The molecule has 0 fully saturated rings. The van der Waals surface area contributed by atoms with Gasteiger partial charge in [-0.05, 0) is 5.92 Å². The first-order valence-corrected chi connectivity index (χ1v) is 6.13. The number of nitrogens with zero attached hydrogens (tertiary/aromatic N) is 2. The maximum atomic E-state index is 11.8. The molecule has 1 atom stereocenters. The fraction of sp³-hybridized carbons (Fsp3) is 0.667. The van der Waals surface area contributed by atoms with E-state index in [2.05, 4.69) is 20.5 Å². The van der Waals surface area contributed by atoms with Gasteiger partial charge in [-0.1, -0.05) is 27.7 Å². The van der Waals surface area contributed by atoms with Crippen LogP contribution in [0.5, 0.6) is 0 Å². The van der Waals surface area contributed by atoms with Crippen LogP contribution in [0.4, 0.5) is 0 Å². The first-order chi connectivity index (χ1) is 8.70. The summed E-state index contributed by atoms with van der Waals surface area (Å²) in [5, 5.41) is 17.8. The van der Waals surface area contributed by atoms with Crippen LogP contribution in [0.15, 0.2) is 0 Å². The summed E-state index contributed by atoms with van der Waals surface area (Å²) in [5.41, 5.74) is -0.206. The Kier molecular flexibility index (Phi) is 4.63. The molecule has 1 heterocycles. The highest BCUT2D eigenvalue weighted by Crippen LogP contribution is 2.17. The second-order valence-corrected chi connectivity index (χ2v) is 5.67. The molecule has 0 saturated carbocycles. The normalized spacial score (nSPS) is 13.1. The SMILES string of the molecule is CC(CNC(=O)c1n[nH]c(C(C)(C)C)n1)CC(=O)O. The second-order valence-electron chi connectivity index (χ2n) is 5.67. The molecule has 19 heavy (non-hydrogen) atoms. The largest absolute Gasteiger partial charge is 0.481 e. The lowest BCUT2D eigenvalue weighted by atomic mass is 9.96. The molecule has 1 rings (SSSR count). The minimum atomic E-state index is -0.880. The van der Waals surface area contributed by atoms with Crippen LogP contribution in [-0.4, -0.2) is 38.7 Å². The van der Waals surface area contributed by atoms with E-state index in [0.29, 0.717) is 5.82 Å². The van der Waals surface area contributed by atoms with Gasteiger partial charge in [0.15, 0.2) is 0 Å². The van der Waals surface area contributed by atoms with Crippen molar-refractivity contribution in [1.82, 2.24) is 20.5 Å². The molecule has 0 radical (unpaired) electrons. The van der Waals surface area contributed by atoms with Crippen LogP contribution in [0.1, 0.15) is 50.6 Å². The molecule has 106 valence electrons. The van der Waals surface area contributed by atoms with Crippen molar-refractivity contribution in [3.8, 4) is 0 Å². The number of carbonyl (C=O) groups is 2. The average Bonchev–Trinajstić information content (AvgIpc) is 2.73. The van der Waals surface area contributed by atoms with Gasteiger partial charge in [-0.3, -0.25) is 14.7 Å². The molecule has 0 aliphatic carbocycles. The van der Waals surface area contributed by atoms with E-state index in [0.717, 1.165) is 0 Å². The van der Waals surface area contributed by atoms with Gasteiger partial charge in [-0.15, -0.1) is 5.10 Å². The maximum absolute atomic E-state index is 11.8. The lowest BCUT2D eigenvalue weighted by molar-refractivity contribution is -0.137. The minimum Gasteiger partial charge on any atom is -0.481 e. The zero-order valence-electron chi connectivity index (χ0n) is 11.6. The number of nitrogens with one attached hydrogen (secondary N) is 2. The van der Waals surface area contributed by atoms with Crippen molar-refractivity contribution in [2.75, 3.05) is 6.54 Å². The van der Waals surface area contributed by atoms with Gasteiger partial charge in [0.05, 0.1) is 0 Å². The number of aromatic nitrogens is 3. The number of carbonyl (C=O) groups excluding carboxylic acids is 1. The third-order valence-electron chi connectivity index (χ3n) is 2.53. The van der Waals surface area contributed by atoms with E-state index in [-0.39, 0.29) is 30.1 Å². The first kappa shape index (κ1) is 15.1. The quantitative estimate of drug-likeness (QED) is 0.736. The van der Waals surface area contributed by atoms with E-state index < -0.39 is 11.9 Å². The Bertz CT molecular complexity index is 462. The van der Waals surface area contributed by atoms with Crippen molar-refractivity contribution < 1.29 is 14.7 Å². The minimum absolute atomic E-state index is 0.0154. The molecule has 1 aromatic rings. The summed E-state index contributed by atoms with van der Waals surface area (Å²) < 4.78 is 0. The molecule has 0 saturated heterocycles. The highest BCUT2D eigenvalue weighted by Gasteiger charge is 2.21. The standard InChI is InChI=1S/C12H20N4O3/c1-7(5-8(17)18)6-13-10(19)9-14-11(16-15-9)12(2,3)4/h7H,5-6H2,1-4H3,(H,13,19)(H,17,18)(H,14,15,16). The third kappa shape index (κ3) is 4.69. The number of carboxylic acids is 1. The van der Waals surface area contributed by atoms with Gasteiger partial charge in [0, 0.05) is 18.4 Å². The summed E-state index contributed by atoms with van der Waals surface area (Å²) in [6.45, 7) is 7.93. The van der Waals surface area contributed by atoms with Crippen molar-refractivity contribution in [3.05, 3.63) is 11.6 Å². The molecule has 7 nitrogen and oxygen atoms in total. The van der Waals surface area contributed by atoms with Crippen LogP contribution in [0.2, 0.25) is 0 Å². The van der Waals surface area contributed by atoms with Crippen molar-refractivity contribution in [2.24, 2.45) is 5.92 Å². The Morgan fingerprint density at radius 1 is 1.42 bits per heavy atom. The number of hydrogen-bond donors (Lipinski definition) is 3. The van der Waals surface area contributed by atoms with E-state index >= 15 is 0 Å². The summed E-state index contributed by atoms with van der Waals surface area (Å²) >= 11 is 0. The van der Waals surface area contributed by atoms with Gasteiger partial charge >= 0.3 is 5.97 Å². The number of amides is 1. The Morgan fingerprint density at radius 3 is 2.53 bits per heavy atom. The van der Waals surface area contributed by atoms with Crippen molar-refractivity contribution in [3.63, 3.8) is 0 Å². The third-order valence-corrected chi connectivity index (χ3v) is 2.53. The predicted octanol–water partition coefficient (Wildman–Crippen LogP) is 0.943. The molecule has 0 spiro atoms. The van der Waals surface area contributed by atoms with Crippen LogP contribution in [0.3, 0.4) is 0 Å². The summed E-state index contributed by atoms with van der Waals surface area (Å²) in [5.74, 6) is -0.704. The van der Waals surface area contributed by atoms with Crippen molar-refractivity contribution in [2.45, 2.75) is 39.5 Å². The number of aromatic amines is 1. The van der Waals surface area contributed by atoms with E-state index in [4.69, 9.17) is 5.11 Å². The monoisotopic (exact) mass is 268 g/mol. The molecule has 1 aromatic heterocycles. The Morgan fingerprint density at radius 2 is 2.05 bits per heavy atom. The van der Waals surface area contributed by atoms with Crippen LogP contribution >= 0.6 is 0 Å². The van der Waals surface area contributed by atoms with E-state index in [1.807, 2.05) is 20.8 Å². The lowest BCUT2D eigenvalue weighted by Crippen LogP contribution is -2.30. The van der Waals surface area contributed by atoms with Crippen LogP contribution in [0.25, 0.3) is 0 Å². The number of aliphatic carboxylic acids is 1. The second kappa shape index (κ2) is 5.81.